The first-order valence-corrected chi connectivity index (χ1v) is 5.94. The second kappa shape index (κ2) is 5.33. The highest BCUT2D eigenvalue weighted by atomic mass is 15.1. The van der Waals surface area contributed by atoms with Crippen molar-refractivity contribution in [1.29, 1.82) is 5.26 Å². The summed E-state index contributed by atoms with van der Waals surface area (Å²) in [4.78, 5) is 6.21. The van der Waals surface area contributed by atoms with E-state index >= 15 is 0 Å². The first-order chi connectivity index (χ1) is 8.76. The molecule has 2 aromatic rings. The minimum absolute atomic E-state index is 0.647. The van der Waals surface area contributed by atoms with Crippen LogP contribution in [0.15, 0.2) is 42.7 Å². The van der Waals surface area contributed by atoms with Gasteiger partial charge in [-0.1, -0.05) is 12.1 Å². The van der Waals surface area contributed by atoms with Crippen LogP contribution in [0.3, 0.4) is 0 Å². The van der Waals surface area contributed by atoms with E-state index in [0.717, 1.165) is 17.9 Å². The quantitative estimate of drug-likeness (QED) is 0.821. The number of rotatable bonds is 3. The molecular formula is C15H15N3. The molecule has 0 aliphatic heterocycles. The number of nitrogens with zero attached hydrogens (tertiary/aromatic N) is 3. The minimum Gasteiger partial charge on any atom is -0.339 e. The number of anilines is 2. The van der Waals surface area contributed by atoms with Crippen LogP contribution in [0, 0.1) is 18.3 Å². The summed E-state index contributed by atoms with van der Waals surface area (Å²) in [7, 11) is 0. The van der Waals surface area contributed by atoms with E-state index in [1.54, 1.807) is 18.5 Å². The van der Waals surface area contributed by atoms with Gasteiger partial charge in [0.25, 0.3) is 0 Å². The van der Waals surface area contributed by atoms with Gasteiger partial charge in [0.15, 0.2) is 0 Å². The fraction of sp³-hybridized carbons (Fsp3) is 0.200. The van der Waals surface area contributed by atoms with E-state index in [0.29, 0.717) is 5.56 Å². The van der Waals surface area contributed by atoms with E-state index in [2.05, 4.69) is 41.9 Å². The summed E-state index contributed by atoms with van der Waals surface area (Å²) in [5.74, 6) is 0. The molecule has 0 unspecified atom stereocenters. The molecule has 0 saturated carbocycles. The smallest absolute Gasteiger partial charge is 0.101 e. The van der Waals surface area contributed by atoms with Gasteiger partial charge < -0.3 is 4.90 Å². The van der Waals surface area contributed by atoms with Gasteiger partial charge in [0.2, 0.25) is 0 Å². The molecular weight excluding hydrogens is 222 g/mol. The average Bonchev–Trinajstić information content (AvgIpc) is 2.40. The molecule has 1 heterocycles. The molecule has 90 valence electrons. The van der Waals surface area contributed by atoms with Gasteiger partial charge >= 0.3 is 0 Å². The Bertz CT molecular complexity index is 584. The Balaban J connectivity index is 2.49. The van der Waals surface area contributed by atoms with E-state index in [-0.39, 0.29) is 0 Å². The number of nitriles is 1. The summed E-state index contributed by atoms with van der Waals surface area (Å²) < 4.78 is 0. The maximum absolute atomic E-state index is 9.16. The third-order valence-corrected chi connectivity index (χ3v) is 2.84. The normalized spacial score (nSPS) is 9.83. The highest BCUT2D eigenvalue weighted by molar-refractivity contribution is 5.68. The van der Waals surface area contributed by atoms with Gasteiger partial charge in [0.1, 0.15) is 6.07 Å². The molecule has 0 N–H and O–H groups in total. The van der Waals surface area contributed by atoms with E-state index in [4.69, 9.17) is 5.26 Å². The van der Waals surface area contributed by atoms with Crippen molar-refractivity contribution in [3.8, 4) is 6.07 Å². The SMILES string of the molecule is CCN(c1cccc(C)c1)c1cnccc1C#N. The van der Waals surface area contributed by atoms with Crippen LogP contribution in [0.4, 0.5) is 11.4 Å². The Morgan fingerprint density at radius 1 is 1.33 bits per heavy atom. The van der Waals surface area contributed by atoms with Crippen LogP contribution in [0.2, 0.25) is 0 Å². The molecule has 0 spiro atoms. The van der Waals surface area contributed by atoms with E-state index in [1.807, 2.05) is 12.1 Å². The highest BCUT2D eigenvalue weighted by Crippen LogP contribution is 2.27. The molecule has 0 atom stereocenters. The topological polar surface area (TPSA) is 39.9 Å². The molecule has 18 heavy (non-hydrogen) atoms. The lowest BCUT2D eigenvalue weighted by Crippen LogP contribution is -2.17. The van der Waals surface area contributed by atoms with Gasteiger partial charge in [0.05, 0.1) is 17.4 Å². The lowest BCUT2D eigenvalue weighted by Gasteiger charge is -2.24. The Hall–Kier alpha value is -2.34. The minimum atomic E-state index is 0.647. The van der Waals surface area contributed by atoms with E-state index in [1.165, 1.54) is 5.56 Å². The highest BCUT2D eigenvalue weighted by Gasteiger charge is 2.11. The third-order valence-electron chi connectivity index (χ3n) is 2.84. The van der Waals surface area contributed by atoms with Crippen molar-refractivity contribution >= 4 is 11.4 Å². The predicted molar refractivity (Wildman–Crippen MR) is 72.8 cm³/mol. The van der Waals surface area contributed by atoms with Crippen molar-refractivity contribution in [3.63, 3.8) is 0 Å². The molecule has 3 heteroatoms. The Kier molecular flexibility index (Phi) is 3.59. The van der Waals surface area contributed by atoms with Crippen LogP contribution in [-0.2, 0) is 0 Å². The molecule has 1 aromatic heterocycles. The van der Waals surface area contributed by atoms with Crippen LogP contribution in [0.25, 0.3) is 0 Å². The van der Waals surface area contributed by atoms with Crippen LogP contribution in [-0.4, -0.2) is 11.5 Å². The summed E-state index contributed by atoms with van der Waals surface area (Å²) in [5.41, 5.74) is 3.79. The second-order valence-corrected chi connectivity index (χ2v) is 4.09. The Morgan fingerprint density at radius 3 is 2.83 bits per heavy atom. The maximum atomic E-state index is 9.16. The summed E-state index contributed by atoms with van der Waals surface area (Å²) in [5, 5.41) is 9.16. The largest absolute Gasteiger partial charge is 0.339 e. The Morgan fingerprint density at radius 2 is 2.17 bits per heavy atom. The first-order valence-electron chi connectivity index (χ1n) is 5.94. The first kappa shape index (κ1) is 12.1. The zero-order chi connectivity index (χ0) is 13.0. The number of aryl methyl sites for hydroxylation is 1. The van der Waals surface area contributed by atoms with Gasteiger partial charge in [-0.2, -0.15) is 5.26 Å². The summed E-state index contributed by atoms with van der Waals surface area (Å²) in [6, 6.07) is 12.2. The van der Waals surface area contributed by atoms with Crippen LogP contribution < -0.4 is 4.90 Å². The fourth-order valence-corrected chi connectivity index (χ4v) is 1.98. The molecule has 0 aliphatic rings. The van der Waals surface area contributed by atoms with Crippen LogP contribution in [0.5, 0.6) is 0 Å². The van der Waals surface area contributed by atoms with Crippen molar-refractivity contribution in [2.75, 3.05) is 11.4 Å². The van der Waals surface area contributed by atoms with E-state index < -0.39 is 0 Å². The zero-order valence-electron chi connectivity index (χ0n) is 10.6. The van der Waals surface area contributed by atoms with Gasteiger partial charge in [-0.25, -0.2) is 0 Å². The maximum Gasteiger partial charge on any atom is 0.101 e. The van der Waals surface area contributed by atoms with Crippen LogP contribution in [0.1, 0.15) is 18.1 Å². The average molecular weight is 237 g/mol. The zero-order valence-corrected chi connectivity index (χ0v) is 10.6. The number of pyridine rings is 1. The Labute approximate surface area is 107 Å². The molecule has 3 nitrogen and oxygen atoms in total. The number of aromatic nitrogens is 1. The molecule has 0 aliphatic carbocycles. The van der Waals surface area contributed by atoms with Crippen molar-refractivity contribution < 1.29 is 0 Å². The number of benzene rings is 1. The van der Waals surface area contributed by atoms with Crippen molar-refractivity contribution in [2.24, 2.45) is 0 Å². The monoisotopic (exact) mass is 237 g/mol. The standard InChI is InChI=1S/C15H15N3/c1-3-18(14-6-4-5-12(2)9-14)15-11-17-8-7-13(15)10-16/h4-9,11H,3H2,1-2H3. The second-order valence-electron chi connectivity index (χ2n) is 4.09. The van der Waals surface area contributed by atoms with Crippen molar-refractivity contribution in [1.82, 2.24) is 4.98 Å². The summed E-state index contributed by atoms with van der Waals surface area (Å²) in [6.07, 6.45) is 3.39. The summed E-state index contributed by atoms with van der Waals surface area (Å²) in [6.45, 7) is 4.92. The molecule has 0 amide bonds. The van der Waals surface area contributed by atoms with Gasteiger partial charge in [-0.3, -0.25) is 4.98 Å². The van der Waals surface area contributed by atoms with Gasteiger partial charge in [-0.05, 0) is 37.6 Å². The lowest BCUT2D eigenvalue weighted by molar-refractivity contribution is 1.01. The molecule has 0 fully saturated rings. The number of hydrogen-bond acceptors (Lipinski definition) is 3. The van der Waals surface area contributed by atoms with E-state index in [9.17, 15) is 0 Å². The van der Waals surface area contributed by atoms with Crippen molar-refractivity contribution in [3.05, 3.63) is 53.9 Å². The molecule has 1 aromatic carbocycles. The van der Waals surface area contributed by atoms with Crippen LogP contribution >= 0.6 is 0 Å². The molecule has 2 rings (SSSR count). The van der Waals surface area contributed by atoms with Gasteiger partial charge in [0, 0.05) is 18.4 Å². The summed E-state index contributed by atoms with van der Waals surface area (Å²) >= 11 is 0. The number of hydrogen-bond donors (Lipinski definition) is 0. The van der Waals surface area contributed by atoms with Crippen molar-refractivity contribution in [2.45, 2.75) is 13.8 Å². The predicted octanol–water partition coefficient (Wildman–Crippen LogP) is 3.42. The molecule has 0 bridgehead atoms. The van der Waals surface area contributed by atoms with Gasteiger partial charge in [-0.15, -0.1) is 0 Å². The molecule has 0 saturated heterocycles. The lowest BCUT2D eigenvalue weighted by atomic mass is 10.1. The fourth-order valence-electron chi connectivity index (χ4n) is 1.98. The molecule has 0 radical (unpaired) electrons. The third kappa shape index (κ3) is 2.33.